The Bertz CT molecular complexity index is 715. The van der Waals surface area contributed by atoms with Crippen LogP contribution in [0.2, 0.25) is 0 Å². The second kappa shape index (κ2) is 10.1. The van der Waals surface area contributed by atoms with Gasteiger partial charge in [0.2, 0.25) is 0 Å². The number of aliphatic hydroxyl groups is 6. The van der Waals surface area contributed by atoms with Gasteiger partial charge in [-0.25, -0.2) is 0 Å². The third kappa shape index (κ3) is 4.96. The Kier molecular flexibility index (Phi) is 7.72. The Morgan fingerprint density at radius 3 is 2.27 bits per heavy atom. The van der Waals surface area contributed by atoms with E-state index in [9.17, 15) is 35.9 Å². The minimum absolute atomic E-state index is 0.273. The first-order valence-electron chi connectivity index (χ1n) is 9.40. The molecule has 0 bridgehead atoms. The van der Waals surface area contributed by atoms with Gasteiger partial charge in [0.05, 0.1) is 19.3 Å². The second-order valence-corrected chi connectivity index (χ2v) is 7.15. The Balaban J connectivity index is 1.63. The van der Waals surface area contributed by atoms with Gasteiger partial charge in [-0.3, -0.25) is 0 Å². The molecule has 3 rings (SSSR count). The van der Waals surface area contributed by atoms with Crippen molar-refractivity contribution >= 4 is 0 Å². The maximum absolute atomic E-state index is 10.2. The lowest BCUT2D eigenvalue weighted by atomic mass is 9.99. The molecule has 2 aliphatic heterocycles. The van der Waals surface area contributed by atoms with E-state index in [1.807, 2.05) is 6.07 Å². The smallest absolute Gasteiger partial charge is 0.188 e. The summed E-state index contributed by atoms with van der Waals surface area (Å²) in [6.07, 6.45) is -14.2. The van der Waals surface area contributed by atoms with E-state index in [0.717, 1.165) is 0 Å². The van der Waals surface area contributed by atoms with E-state index in [1.54, 1.807) is 30.3 Å². The van der Waals surface area contributed by atoms with Gasteiger partial charge in [-0.2, -0.15) is 5.26 Å². The molecular weight excluding hydrogens is 402 g/mol. The van der Waals surface area contributed by atoms with Crippen LogP contribution in [0.15, 0.2) is 30.3 Å². The molecule has 0 aromatic heterocycles. The summed E-state index contributed by atoms with van der Waals surface area (Å²) in [4.78, 5) is 0. The van der Waals surface area contributed by atoms with Gasteiger partial charge in [-0.1, -0.05) is 30.3 Å². The molecule has 30 heavy (non-hydrogen) atoms. The Labute approximate surface area is 172 Å². The average molecular weight is 427 g/mol. The largest absolute Gasteiger partial charge is 0.388 e. The Morgan fingerprint density at radius 2 is 1.60 bits per heavy atom. The highest BCUT2D eigenvalue weighted by molar-refractivity contribution is 5.22. The van der Waals surface area contributed by atoms with Crippen molar-refractivity contribution in [1.82, 2.24) is 0 Å². The lowest BCUT2D eigenvalue weighted by Crippen LogP contribution is -2.60. The zero-order valence-corrected chi connectivity index (χ0v) is 15.8. The van der Waals surface area contributed by atoms with Gasteiger partial charge in [0, 0.05) is 0 Å². The first-order chi connectivity index (χ1) is 14.3. The number of aliphatic hydroxyl groups excluding tert-OH is 6. The van der Waals surface area contributed by atoms with Crippen LogP contribution in [0.25, 0.3) is 0 Å². The molecule has 2 heterocycles. The Morgan fingerprint density at radius 1 is 0.933 bits per heavy atom. The molecule has 6 N–H and O–H groups in total. The molecule has 0 amide bonds. The average Bonchev–Trinajstić information content (AvgIpc) is 2.76. The molecule has 0 aliphatic carbocycles. The third-order valence-electron chi connectivity index (χ3n) is 5.04. The molecular formula is C19H25NO10. The van der Waals surface area contributed by atoms with Gasteiger partial charge in [-0.05, 0) is 5.56 Å². The second-order valence-electron chi connectivity index (χ2n) is 7.15. The van der Waals surface area contributed by atoms with E-state index < -0.39 is 68.0 Å². The molecule has 10 atom stereocenters. The highest BCUT2D eigenvalue weighted by Gasteiger charge is 2.46. The van der Waals surface area contributed by atoms with Crippen LogP contribution in [0.1, 0.15) is 11.7 Å². The van der Waals surface area contributed by atoms with E-state index in [1.165, 1.54) is 0 Å². The van der Waals surface area contributed by atoms with E-state index in [0.29, 0.717) is 5.56 Å². The zero-order chi connectivity index (χ0) is 21.8. The van der Waals surface area contributed by atoms with Crippen LogP contribution in [-0.2, 0) is 18.9 Å². The minimum atomic E-state index is -1.66. The molecule has 2 fully saturated rings. The maximum Gasteiger partial charge on any atom is 0.188 e. The lowest BCUT2D eigenvalue weighted by Gasteiger charge is -2.41. The van der Waals surface area contributed by atoms with Crippen molar-refractivity contribution in [2.24, 2.45) is 0 Å². The fourth-order valence-corrected chi connectivity index (χ4v) is 3.23. The normalized spacial score (nSPS) is 40.5. The monoisotopic (exact) mass is 427 g/mol. The molecule has 0 radical (unpaired) electrons. The van der Waals surface area contributed by atoms with Crippen molar-refractivity contribution in [3.8, 4) is 6.07 Å². The number of rotatable bonds is 6. The summed E-state index contributed by atoms with van der Waals surface area (Å²) in [5.74, 6) is 0. The molecule has 166 valence electrons. The topological polar surface area (TPSA) is 182 Å². The van der Waals surface area contributed by atoms with Gasteiger partial charge in [0.15, 0.2) is 18.7 Å². The first-order valence-corrected chi connectivity index (χ1v) is 9.40. The van der Waals surface area contributed by atoms with E-state index in [2.05, 4.69) is 0 Å². The fraction of sp³-hybridized carbons (Fsp3) is 0.632. The van der Waals surface area contributed by atoms with Crippen molar-refractivity contribution < 1.29 is 49.6 Å². The summed E-state index contributed by atoms with van der Waals surface area (Å²) in [5, 5.41) is 69.0. The van der Waals surface area contributed by atoms with Gasteiger partial charge >= 0.3 is 0 Å². The molecule has 1 aromatic carbocycles. The van der Waals surface area contributed by atoms with Crippen molar-refractivity contribution in [2.75, 3.05) is 13.2 Å². The molecule has 1 aromatic rings. The van der Waals surface area contributed by atoms with Gasteiger partial charge < -0.3 is 49.6 Å². The zero-order valence-electron chi connectivity index (χ0n) is 15.8. The van der Waals surface area contributed by atoms with E-state index >= 15 is 0 Å². The molecule has 2 saturated heterocycles. The highest BCUT2D eigenvalue weighted by Crippen LogP contribution is 2.28. The number of benzene rings is 1. The quantitative estimate of drug-likeness (QED) is 0.283. The number of hydrogen-bond donors (Lipinski definition) is 6. The van der Waals surface area contributed by atoms with E-state index in [-0.39, 0.29) is 6.61 Å². The standard InChI is InChI=1S/C19H25NO10/c20-6-11(9-4-2-1-3-5-9)29-19-17(26)15(24)14(23)12(30-19)8-28-18-16(25)13(22)10(21)7-27-18/h1-5,10-19,21-26H,7-8H2/t10-,11?,12-,13-,14-,15+,16+,17-,18+,19-/m1/s1. The maximum atomic E-state index is 10.2. The number of nitrogens with zero attached hydrogens (tertiary/aromatic N) is 1. The van der Waals surface area contributed by atoms with Gasteiger partial charge in [0.25, 0.3) is 0 Å². The summed E-state index contributed by atoms with van der Waals surface area (Å²) < 4.78 is 21.5. The summed E-state index contributed by atoms with van der Waals surface area (Å²) in [6, 6.07) is 10.4. The van der Waals surface area contributed by atoms with Crippen LogP contribution >= 0.6 is 0 Å². The van der Waals surface area contributed by atoms with Crippen molar-refractivity contribution in [1.29, 1.82) is 5.26 Å². The summed E-state index contributed by atoms with van der Waals surface area (Å²) in [5.41, 5.74) is 0.510. The molecule has 11 nitrogen and oxygen atoms in total. The van der Waals surface area contributed by atoms with Gasteiger partial charge in [0.1, 0.15) is 42.7 Å². The number of nitriles is 1. The van der Waals surface area contributed by atoms with Gasteiger partial charge in [-0.15, -0.1) is 0 Å². The summed E-state index contributed by atoms with van der Waals surface area (Å²) >= 11 is 0. The lowest BCUT2D eigenvalue weighted by molar-refractivity contribution is -0.325. The third-order valence-corrected chi connectivity index (χ3v) is 5.04. The Hall–Kier alpha value is -1.69. The predicted octanol–water partition coefficient (Wildman–Crippen LogP) is -2.47. The summed E-state index contributed by atoms with van der Waals surface area (Å²) in [7, 11) is 0. The van der Waals surface area contributed by atoms with Crippen LogP contribution in [0.5, 0.6) is 0 Å². The minimum Gasteiger partial charge on any atom is -0.388 e. The first kappa shape index (κ1) is 23.0. The van der Waals surface area contributed by atoms with Crippen LogP contribution in [-0.4, -0.2) is 99.2 Å². The molecule has 1 unspecified atom stereocenters. The van der Waals surface area contributed by atoms with Crippen LogP contribution < -0.4 is 0 Å². The summed E-state index contributed by atoms with van der Waals surface area (Å²) in [6.45, 7) is -0.678. The highest BCUT2D eigenvalue weighted by atomic mass is 16.7. The van der Waals surface area contributed by atoms with Crippen LogP contribution in [0, 0.1) is 11.3 Å². The SMILES string of the molecule is N#CC(O[C@@H]1O[C@H](CO[C@@H]2OC[C@@H](O)[C@@H](O)[C@@H]2O)[C@@H](O)[C@H](O)[C@H]1O)c1ccccc1. The van der Waals surface area contributed by atoms with E-state index in [4.69, 9.17) is 18.9 Å². The van der Waals surface area contributed by atoms with Crippen LogP contribution in [0.4, 0.5) is 0 Å². The van der Waals surface area contributed by atoms with Crippen molar-refractivity contribution in [3.05, 3.63) is 35.9 Å². The van der Waals surface area contributed by atoms with Crippen LogP contribution in [0.3, 0.4) is 0 Å². The number of ether oxygens (including phenoxy) is 4. The fourth-order valence-electron chi connectivity index (χ4n) is 3.23. The van der Waals surface area contributed by atoms with Crippen molar-refractivity contribution in [2.45, 2.75) is 61.4 Å². The van der Waals surface area contributed by atoms with Crippen molar-refractivity contribution in [3.63, 3.8) is 0 Å². The molecule has 11 heteroatoms. The molecule has 0 saturated carbocycles. The molecule has 0 spiro atoms. The molecule has 2 aliphatic rings. The predicted molar refractivity (Wildman–Crippen MR) is 96.3 cm³/mol. The number of hydrogen-bond acceptors (Lipinski definition) is 11.